The van der Waals surface area contributed by atoms with Crippen LogP contribution < -0.4 is 15.8 Å². The molecule has 2 aromatic rings. The van der Waals surface area contributed by atoms with Crippen LogP contribution in [0.5, 0.6) is 5.75 Å². The summed E-state index contributed by atoms with van der Waals surface area (Å²) in [5.74, 6) is -0.494. The van der Waals surface area contributed by atoms with E-state index in [-0.39, 0.29) is 24.4 Å². The number of ether oxygens (including phenoxy) is 2. The smallest absolute Gasteiger partial charge is 0.338 e. The molecule has 0 bridgehead atoms. The number of nitrogens with two attached hydrogens (primary N) is 1. The lowest BCUT2D eigenvalue weighted by atomic mass is 9.98. The summed E-state index contributed by atoms with van der Waals surface area (Å²) in [6.07, 6.45) is 5.10. The number of hydrogen-bond donors (Lipinski definition) is 2. The second kappa shape index (κ2) is 9.65. The van der Waals surface area contributed by atoms with Crippen molar-refractivity contribution in [3.63, 3.8) is 0 Å². The van der Waals surface area contributed by atoms with Gasteiger partial charge in [-0.25, -0.2) is 4.79 Å². The first-order valence-electron chi connectivity index (χ1n) is 9.72. The van der Waals surface area contributed by atoms with E-state index >= 15 is 0 Å². The maximum atomic E-state index is 12.4. The zero-order valence-corrected chi connectivity index (χ0v) is 17.1. The lowest BCUT2D eigenvalue weighted by molar-refractivity contribution is -0.118. The van der Waals surface area contributed by atoms with Crippen molar-refractivity contribution in [1.29, 1.82) is 0 Å². The molecule has 0 saturated heterocycles. The molecule has 1 fully saturated rings. The van der Waals surface area contributed by atoms with Gasteiger partial charge >= 0.3 is 5.97 Å². The standard InChI is InChI=1S/C22H25ClN2O4/c1-14-17(23)8-5-9-19(14)25-21(26)13-28-20-12-15(10-11-18(20)24)22(27)29-16-6-3-2-4-7-16/h5,8-12,16H,2-4,6-7,13,24H2,1H3,(H,25,26). The fourth-order valence-electron chi connectivity index (χ4n) is 3.26. The van der Waals surface area contributed by atoms with E-state index in [0.717, 1.165) is 31.2 Å². The van der Waals surface area contributed by atoms with Gasteiger partial charge in [-0.15, -0.1) is 0 Å². The second-order valence-electron chi connectivity index (χ2n) is 7.17. The molecule has 0 atom stereocenters. The molecule has 0 aliphatic heterocycles. The first-order chi connectivity index (χ1) is 13.9. The lowest BCUT2D eigenvalue weighted by Gasteiger charge is -2.22. The average Bonchev–Trinajstić information content (AvgIpc) is 2.71. The van der Waals surface area contributed by atoms with Crippen LogP contribution in [0.2, 0.25) is 5.02 Å². The molecule has 0 radical (unpaired) electrons. The summed E-state index contributed by atoms with van der Waals surface area (Å²) < 4.78 is 11.1. The summed E-state index contributed by atoms with van der Waals surface area (Å²) in [5.41, 5.74) is 8.01. The SMILES string of the molecule is Cc1c(Cl)cccc1NC(=O)COc1cc(C(=O)OC2CCCCC2)ccc1N. The number of benzene rings is 2. The van der Waals surface area contributed by atoms with E-state index in [2.05, 4.69) is 5.32 Å². The molecular weight excluding hydrogens is 392 g/mol. The van der Waals surface area contributed by atoms with Crippen LogP contribution in [0.15, 0.2) is 36.4 Å². The Morgan fingerprint density at radius 2 is 1.93 bits per heavy atom. The predicted octanol–water partition coefficient (Wildman–Crippen LogP) is 4.74. The van der Waals surface area contributed by atoms with Crippen LogP contribution in [0.1, 0.15) is 48.0 Å². The van der Waals surface area contributed by atoms with Gasteiger partial charge < -0.3 is 20.5 Å². The number of carbonyl (C=O) groups is 2. The first-order valence-corrected chi connectivity index (χ1v) is 10.1. The van der Waals surface area contributed by atoms with Crippen LogP contribution in [-0.4, -0.2) is 24.6 Å². The van der Waals surface area contributed by atoms with Crippen LogP contribution in [0, 0.1) is 6.92 Å². The van der Waals surface area contributed by atoms with E-state index in [0.29, 0.717) is 22.0 Å². The third-order valence-corrected chi connectivity index (χ3v) is 5.39. The molecule has 0 heterocycles. The topological polar surface area (TPSA) is 90.6 Å². The summed E-state index contributed by atoms with van der Waals surface area (Å²) in [6, 6.07) is 9.95. The molecule has 1 amide bonds. The van der Waals surface area contributed by atoms with Crippen molar-refractivity contribution < 1.29 is 19.1 Å². The molecule has 7 heteroatoms. The highest BCUT2D eigenvalue weighted by atomic mass is 35.5. The number of rotatable bonds is 6. The molecule has 1 aliphatic carbocycles. The Bertz CT molecular complexity index is 894. The van der Waals surface area contributed by atoms with Crippen LogP contribution >= 0.6 is 11.6 Å². The summed E-state index contributed by atoms with van der Waals surface area (Å²) in [5, 5.41) is 3.32. The lowest BCUT2D eigenvalue weighted by Crippen LogP contribution is -2.22. The van der Waals surface area contributed by atoms with Gasteiger partial charge in [-0.05, 0) is 68.5 Å². The summed E-state index contributed by atoms with van der Waals surface area (Å²) in [4.78, 5) is 24.6. The quantitative estimate of drug-likeness (QED) is 0.524. The Morgan fingerprint density at radius 1 is 1.17 bits per heavy atom. The number of hydrogen-bond acceptors (Lipinski definition) is 5. The van der Waals surface area contributed by atoms with E-state index in [4.69, 9.17) is 26.8 Å². The fraction of sp³-hybridized carbons (Fsp3) is 0.364. The summed E-state index contributed by atoms with van der Waals surface area (Å²) in [6.45, 7) is 1.56. The third-order valence-electron chi connectivity index (χ3n) is 4.98. The van der Waals surface area contributed by atoms with Crippen LogP contribution in [0.4, 0.5) is 11.4 Å². The van der Waals surface area contributed by atoms with Gasteiger partial charge in [0.15, 0.2) is 6.61 Å². The fourth-order valence-corrected chi connectivity index (χ4v) is 3.44. The number of anilines is 2. The maximum Gasteiger partial charge on any atom is 0.338 e. The molecule has 154 valence electrons. The minimum Gasteiger partial charge on any atom is -0.482 e. The van der Waals surface area contributed by atoms with Crippen LogP contribution in [-0.2, 0) is 9.53 Å². The highest BCUT2D eigenvalue weighted by Crippen LogP contribution is 2.26. The van der Waals surface area contributed by atoms with Gasteiger partial charge in [0.05, 0.1) is 11.3 Å². The highest BCUT2D eigenvalue weighted by Gasteiger charge is 2.19. The van der Waals surface area contributed by atoms with Crippen molar-refractivity contribution in [2.24, 2.45) is 0 Å². The van der Waals surface area contributed by atoms with Crippen LogP contribution in [0.3, 0.4) is 0 Å². The van der Waals surface area contributed by atoms with E-state index in [1.807, 2.05) is 6.92 Å². The van der Waals surface area contributed by atoms with E-state index in [1.54, 1.807) is 30.3 Å². The Morgan fingerprint density at radius 3 is 2.69 bits per heavy atom. The van der Waals surface area contributed by atoms with E-state index in [9.17, 15) is 9.59 Å². The van der Waals surface area contributed by atoms with Crippen molar-refractivity contribution >= 4 is 34.9 Å². The van der Waals surface area contributed by atoms with Crippen molar-refractivity contribution in [3.05, 3.63) is 52.5 Å². The average molecular weight is 417 g/mol. The van der Waals surface area contributed by atoms with Gasteiger partial charge in [0.1, 0.15) is 11.9 Å². The Labute approximate surface area is 175 Å². The molecule has 1 aliphatic rings. The molecule has 2 aromatic carbocycles. The van der Waals surface area contributed by atoms with Gasteiger partial charge in [0, 0.05) is 10.7 Å². The Kier molecular flexibility index (Phi) is 6.99. The molecular formula is C22H25ClN2O4. The second-order valence-corrected chi connectivity index (χ2v) is 7.57. The monoisotopic (exact) mass is 416 g/mol. The summed E-state index contributed by atoms with van der Waals surface area (Å²) >= 11 is 6.07. The molecule has 0 unspecified atom stereocenters. The zero-order valence-electron chi connectivity index (χ0n) is 16.4. The normalized spacial score (nSPS) is 14.3. The number of halogens is 1. The van der Waals surface area contributed by atoms with Gasteiger partial charge in [-0.3, -0.25) is 4.79 Å². The zero-order chi connectivity index (χ0) is 20.8. The maximum absolute atomic E-state index is 12.4. The number of carbonyl (C=O) groups excluding carboxylic acids is 2. The molecule has 0 aromatic heterocycles. The van der Waals surface area contributed by atoms with Gasteiger partial charge in [-0.1, -0.05) is 24.1 Å². The van der Waals surface area contributed by atoms with Crippen LogP contribution in [0.25, 0.3) is 0 Å². The molecule has 0 spiro atoms. The molecule has 1 saturated carbocycles. The molecule has 3 N–H and O–H groups in total. The third kappa shape index (κ3) is 5.64. The van der Waals surface area contributed by atoms with E-state index in [1.165, 1.54) is 12.5 Å². The van der Waals surface area contributed by atoms with Gasteiger partial charge in [-0.2, -0.15) is 0 Å². The first kappa shape index (κ1) is 21.0. The Hall–Kier alpha value is -2.73. The van der Waals surface area contributed by atoms with Gasteiger partial charge in [0.25, 0.3) is 5.91 Å². The predicted molar refractivity (Wildman–Crippen MR) is 113 cm³/mol. The number of amides is 1. The summed E-state index contributed by atoms with van der Waals surface area (Å²) in [7, 11) is 0. The van der Waals surface area contributed by atoms with Crippen molar-refractivity contribution in [1.82, 2.24) is 0 Å². The Balaban J connectivity index is 1.60. The van der Waals surface area contributed by atoms with Crippen molar-refractivity contribution in [2.45, 2.75) is 45.1 Å². The highest BCUT2D eigenvalue weighted by molar-refractivity contribution is 6.31. The number of esters is 1. The largest absolute Gasteiger partial charge is 0.482 e. The minimum atomic E-state index is -0.402. The van der Waals surface area contributed by atoms with Gasteiger partial charge in [0.2, 0.25) is 0 Å². The molecule has 29 heavy (non-hydrogen) atoms. The number of nitrogens with one attached hydrogen (secondary N) is 1. The number of nitrogen functional groups attached to an aromatic ring is 1. The minimum absolute atomic E-state index is 0.0371. The van der Waals surface area contributed by atoms with Crippen molar-refractivity contribution in [2.75, 3.05) is 17.7 Å². The molecule has 3 rings (SSSR count). The van der Waals surface area contributed by atoms with Crippen molar-refractivity contribution in [3.8, 4) is 5.75 Å². The van der Waals surface area contributed by atoms with E-state index < -0.39 is 5.97 Å². The molecule has 6 nitrogen and oxygen atoms in total.